The second-order valence-corrected chi connectivity index (χ2v) is 19.5. The van der Waals surface area contributed by atoms with Crippen LogP contribution in [-0.2, 0) is 10.8 Å². The fourth-order valence-electron chi connectivity index (χ4n) is 10.6. The van der Waals surface area contributed by atoms with E-state index in [-0.39, 0.29) is 5.41 Å². The lowest BCUT2D eigenvalue weighted by atomic mass is 9.68. The zero-order valence-electron chi connectivity index (χ0n) is 36.8. The summed E-state index contributed by atoms with van der Waals surface area (Å²) in [6.07, 6.45) is 0. The summed E-state index contributed by atoms with van der Waals surface area (Å²) in [5.74, 6) is 0. The van der Waals surface area contributed by atoms with Crippen LogP contribution in [0.25, 0.3) is 64.3 Å². The van der Waals surface area contributed by atoms with Gasteiger partial charge in [-0.05, 0) is 103 Å². The minimum Gasteiger partial charge on any atom is -0.310 e. The Morgan fingerprint density at radius 2 is 0.985 bits per heavy atom. The molecule has 0 fully saturated rings. The molecule has 0 amide bonds. The molecule has 1 aliphatic rings. The zero-order chi connectivity index (χ0) is 43.7. The van der Waals surface area contributed by atoms with E-state index in [1.165, 1.54) is 92.1 Å². The van der Waals surface area contributed by atoms with E-state index in [2.05, 4.69) is 256 Å². The molecule has 0 saturated heterocycles. The lowest BCUT2D eigenvalue weighted by molar-refractivity contribution is 0.590. The predicted molar refractivity (Wildman–Crippen MR) is 278 cm³/mol. The molecule has 65 heavy (non-hydrogen) atoms. The fraction of sp³-hybridized carbons (Fsp3) is 0.0794. The van der Waals surface area contributed by atoms with Crippen molar-refractivity contribution in [3.63, 3.8) is 0 Å². The van der Waals surface area contributed by atoms with Gasteiger partial charge in [-0.25, -0.2) is 0 Å². The van der Waals surface area contributed by atoms with Crippen molar-refractivity contribution < 1.29 is 0 Å². The fourth-order valence-corrected chi connectivity index (χ4v) is 11.9. The summed E-state index contributed by atoms with van der Waals surface area (Å²) < 4.78 is 2.61. The monoisotopic (exact) mass is 849 g/mol. The summed E-state index contributed by atoms with van der Waals surface area (Å²) in [7, 11) is 0. The van der Waals surface area contributed by atoms with Gasteiger partial charge >= 0.3 is 0 Å². The van der Waals surface area contributed by atoms with Gasteiger partial charge in [0.15, 0.2) is 0 Å². The van der Waals surface area contributed by atoms with Crippen LogP contribution < -0.4 is 4.90 Å². The van der Waals surface area contributed by atoms with Crippen molar-refractivity contribution in [2.24, 2.45) is 0 Å². The van der Waals surface area contributed by atoms with Gasteiger partial charge in [-0.15, -0.1) is 11.3 Å². The maximum atomic E-state index is 2.51. The molecule has 10 aromatic carbocycles. The van der Waals surface area contributed by atoms with Crippen molar-refractivity contribution in [1.29, 1.82) is 0 Å². The average Bonchev–Trinajstić information content (AvgIpc) is 3.89. The van der Waals surface area contributed by atoms with Crippen LogP contribution in [0.3, 0.4) is 0 Å². The van der Waals surface area contributed by atoms with Crippen LogP contribution >= 0.6 is 11.3 Å². The van der Waals surface area contributed by atoms with E-state index >= 15 is 0 Å². The van der Waals surface area contributed by atoms with E-state index in [0.29, 0.717) is 0 Å². The van der Waals surface area contributed by atoms with E-state index < -0.39 is 5.41 Å². The van der Waals surface area contributed by atoms with Gasteiger partial charge in [0.05, 0.1) is 11.1 Å². The summed E-state index contributed by atoms with van der Waals surface area (Å²) in [6, 6.07) is 86.0. The molecule has 11 aromatic rings. The predicted octanol–water partition coefficient (Wildman–Crippen LogP) is 17.7. The third-order valence-electron chi connectivity index (χ3n) is 13.7. The Bertz CT molecular complexity index is 3520. The third kappa shape index (κ3) is 6.27. The Hall–Kier alpha value is -7.52. The molecule has 0 radical (unpaired) electrons. The maximum absolute atomic E-state index is 2.51. The standard InChI is InChI=1S/C63H47NS/c1-62(2,3)45-34-29-42(30-35-45)43-31-36-48(37-32-43)64(58-40-33-44-17-10-11-22-50(44)60(58)54-26-16-25-53-52-24-13-15-28-59(52)65-61(53)54)49-38-39-57-55(41-49)51-23-12-14-27-56(51)63(57,46-18-6-4-7-19-46)47-20-8-5-9-21-47/h4-41H,1-3H3. The number of hydrogen-bond donors (Lipinski definition) is 0. The van der Waals surface area contributed by atoms with Crippen LogP contribution in [-0.4, -0.2) is 0 Å². The average molecular weight is 850 g/mol. The van der Waals surface area contributed by atoms with E-state index in [9.17, 15) is 0 Å². The second-order valence-electron chi connectivity index (χ2n) is 18.4. The molecule has 0 unspecified atom stereocenters. The molecule has 0 spiro atoms. The molecule has 0 saturated carbocycles. The van der Waals surface area contributed by atoms with Crippen molar-refractivity contribution in [2.75, 3.05) is 4.90 Å². The van der Waals surface area contributed by atoms with Crippen molar-refractivity contribution in [3.8, 4) is 33.4 Å². The van der Waals surface area contributed by atoms with Crippen LogP contribution in [0.15, 0.2) is 231 Å². The van der Waals surface area contributed by atoms with Crippen molar-refractivity contribution >= 4 is 59.3 Å². The zero-order valence-corrected chi connectivity index (χ0v) is 37.6. The smallest absolute Gasteiger partial charge is 0.0713 e. The minimum absolute atomic E-state index is 0.0961. The van der Waals surface area contributed by atoms with Crippen LogP contribution in [0, 0.1) is 0 Å². The molecule has 1 heterocycles. The van der Waals surface area contributed by atoms with Gasteiger partial charge in [-0.2, -0.15) is 0 Å². The van der Waals surface area contributed by atoms with Crippen LogP contribution in [0.1, 0.15) is 48.6 Å². The van der Waals surface area contributed by atoms with Crippen LogP contribution in [0.4, 0.5) is 17.1 Å². The van der Waals surface area contributed by atoms with Gasteiger partial charge in [0, 0.05) is 42.7 Å². The number of benzene rings is 10. The lowest BCUT2D eigenvalue weighted by Gasteiger charge is -2.34. The summed E-state index contributed by atoms with van der Waals surface area (Å²) in [4.78, 5) is 2.51. The summed E-state index contributed by atoms with van der Waals surface area (Å²) in [6.45, 7) is 6.82. The largest absolute Gasteiger partial charge is 0.310 e. The summed E-state index contributed by atoms with van der Waals surface area (Å²) >= 11 is 1.89. The molecule has 0 bridgehead atoms. The lowest BCUT2D eigenvalue weighted by Crippen LogP contribution is -2.28. The molecule has 1 aliphatic carbocycles. The molecular formula is C63H47NS. The molecule has 310 valence electrons. The first-order chi connectivity index (χ1) is 31.9. The van der Waals surface area contributed by atoms with E-state index in [1.54, 1.807) is 0 Å². The molecule has 12 rings (SSSR count). The molecule has 1 nitrogen and oxygen atoms in total. The molecule has 0 N–H and O–H groups in total. The van der Waals surface area contributed by atoms with Gasteiger partial charge in [0.1, 0.15) is 0 Å². The number of fused-ring (bicyclic) bond motifs is 7. The van der Waals surface area contributed by atoms with Crippen molar-refractivity contribution in [3.05, 3.63) is 258 Å². The van der Waals surface area contributed by atoms with E-state index in [4.69, 9.17) is 0 Å². The van der Waals surface area contributed by atoms with E-state index in [1.807, 2.05) is 11.3 Å². The Morgan fingerprint density at radius 3 is 1.71 bits per heavy atom. The SMILES string of the molecule is CC(C)(C)c1ccc(-c2ccc(N(c3ccc4c(c3)-c3ccccc3C4(c3ccccc3)c3ccccc3)c3ccc4ccccc4c3-c3cccc4c3sc3ccccc34)cc2)cc1. The maximum Gasteiger partial charge on any atom is 0.0713 e. The highest BCUT2D eigenvalue weighted by molar-refractivity contribution is 7.26. The number of anilines is 3. The third-order valence-corrected chi connectivity index (χ3v) is 15.0. The van der Waals surface area contributed by atoms with E-state index in [0.717, 1.165) is 17.1 Å². The first kappa shape index (κ1) is 39.1. The number of hydrogen-bond acceptors (Lipinski definition) is 2. The first-order valence-corrected chi connectivity index (χ1v) is 23.5. The topological polar surface area (TPSA) is 3.24 Å². The van der Waals surface area contributed by atoms with Gasteiger partial charge in [0.2, 0.25) is 0 Å². The molecule has 0 aliphatic heterocycles. The van der Waals surface area contributed by atoms with Crippen molar-refractivity contribution in [2.45, 2.75) is 31.6 Å². The van der Waals surface area contributed by atoms with Crippen LogP contribution in [0.2, 0.25) is 0 Å². The summed E-state index contributed by atoms with van der Waals surface area (Å²) in [5.41, 5.74) is 16.8. The Morgan fingerprint density at radius 1 is 0.415 bits per heavy atom. The minimum atomic E-state index is -0.479. The Labute approximate surface area is 385 Å². The molecule has 2 heteroatoms. The highest BCUT2D eigenvalue weighted by Gasteiger charge is 2.46. The quantitative estimate of drug-likeness (QED) is 0.154. The van der Waals surface area contributed by atoms with Crippen molar-refractivity contribution in [1.82, 2.24) is 0 Å². The van der Waals surface area contributed by atoms with Crippen LogP contribution in [0.5, 0.6) is 0 Å². The van der Waals surface area contributed by atoms with Gasteiger partial charge in [-0.1, -0.05) is 215 Å². The first-order valence-electron chi connectivity index (χ1n) is 22.7. The number of rotatable bonds is 7. The Balaban J connectivity index is 1.12. The van der Waals surface area contributed by atoms with Gasteiger partial charge in [0.25, 0.3) is 0 Å². The highest BCUT2D eigenvalue weighted by atomic mass is 32.1. The highest BCUT2D eigenvalue weighted by Crippen LogP contribution is 2.58. The Kier molecular flexibility index (Phi) is 9.22. The van der Waals surface area contributed by atoms with Gasteiger partial charge < -0.3 is 4.90 Å². The van der Waals surface area contributed by atoms with Gasteiger partial charge in [-0.3, -0.25) is 0 Å². The molecule has 1 aromatic heterocycles. The number of thiophene rings is 1. The normalized spacial score (nSPS) is 13.0. The summed E-state index contributed by atoms with van der Waals surface area (Å²) in [5, 5.41) is 5.05. The number of nitrogens with zero attached hydrogens (tertiary/aromatic N) is 1. The molecule has 0 atom stereocenters. The second kappa shape index (κ2) is 15.3. The molecular weight excluding hydrogens is 803 g/mol.